The molecule has 1 aliphatic carbocycles. The van der Waals surface area contributed by atoms with Gasteiger partial charge in [-0.25, -0.2) is 4.79 Å². The third kappa shape index (κ3) is 3.53. The summed E-state index contributed by atoms with van der Waals surface area (Å²) in [6.07, 6.45) is 4.61. The number of rotatable bonds is 2. The van der Waals surface area contributed by atoms with Crippen LogP contribution < -0.4 is 9.48 Å². The Morgan fingerprint density at radius 2 is 1.50 bits per heavy atom. The van der Waals surface area contributed by atoms with Gasteiger partial charge in [-0.05, 0) is 65.1 Å². The predicted octanol–water partition coefficient (Wildman–Crippen LogP) is 6.86. The SMILES string of the molecule is COC(=O)c1ccc([N+]2=Cc3cc4c(cc3N(C)c3ccccc32)C(C)(C)CCC4(C)C)cc1. The van der Waals surface area contributed by atoms with E-state index in [-0.39, 0.29) is 16.8 Å². The van der Waals surface area contributed by atoms with Crippen LogP contribution in [0.5, 0.6) is 0 Å². The van der Waals surface area contributed by atoms with Crippen LogP contribution in [0.4, 0.5) is 22.7 Å². The first-order valence-electron chi connectivity index (χ1n) is 12.0. The molecule has 0 aromatic heterocycles. The van der Waals surface area contributed by atoms with Crippen molar-refractivity contribution in [2.45, 2.75) is 51.4 Å². The molecule has 0 atom stereocenters. The van der Waals surface area contributed by atoms with Crippen LogP contribution >= 0.6 is 0 Å². The summed E-state index contributed by atoms with van der Waals surface area (Å²) in [6.45, 7) is 9.48. The van der Waals surface area contributed by atoms with E-state index in [4.69, 9.17) is 4.74 Å². The highest BCUT2D eigenvalue weighted by Gasteiger charge is 2.39. The molecule has 3 aromatic carbocycles. The second kappa shape index (κ2) is 7.83. The van der Waals surface area contributed by atoms with Crippen molar-refractivity contribution >= 4 is 34.9 Å². The van der Waals surface area contributed by atoms with E-state index in [0.29, 0.717) is 5.56 Å². The fourth-order valence-corrected chi connectivity index (χ4v) is 5.39. The van der Waals surface area contributed by atoms with Gasteiger partial charge in [-0.1, -0.05) is 39.8 Å². The number of methoxy groups -OCH3 is 1. The molecule has 4 heteroatoms. The molecule has 3 aromatic rings. The molecule has 1 heterocycles. The van der Waals surface area contributed by atoms with Gasteiger partial charge in [0, 0.05) is 25.2 Å². The van der Waals surface area contributed by atoms with E-state index in [2.05, 4.69) is 86.8 Å². The molecule has 0 saturated heterocycles. The molecule has 0 amide bonds. The van der Waals surface area contributed by atoms with Crippen LogP contribution in [0.15, 0.2) is 60.7 Å². The molecular formula is C30H33N2O2+. The molecule has 34 heavy (non-hydrogen) atoms. The highest BCUT2D eigenvalue weighted by Crippen LogP contribution is 2.49. The van der Waals surface area contributed by atoms with Crippen LogP contribution in [-0.4, -0.2) is 26.3 Å². The lowest BCUT2D eigenvalue weighted by Gasteiger charge is -2.42. The van der Waals surface area contributed by atoms with Gasteiger partial charge in [0.15, 0.2) is 6.21 Å². The topological polar surface area (TPSA) is 32.6 Å². The van der Waals surface area contributed by atoms with Gasteiger partial charge in [0.1, 0.15) is 5.69 Å². The zero-order valence-corrected chi connectivity index (χ0v) is 21.0. The van der Waals surface area contributed by atoms with Crippen LogP contribution in [0.1, 0.15) is 67.6 Å². The van der Waals surface area contributed by atoms with E-state index in [1.165, 1.54) is 42.3 Å². The van der Waals surface area contributed by atoms with Crippen molar-refractivity contribution in [1.29, 1.82) is 0 Å². The number of esters is 1. The van der Waals surface area contributed by atoms with Crippen molar-refractivity contribution in [1.82, 2.24) is 4.58 Å². The third-order valence-corrected chi connectivity index (χ3v) is 7.70. The zero-order valence-electron chi connectivity index (χ0n) is 21.0. The molecule has 0 bridgehead atoms. The number of fused-ring (bicyclic) bond motifs is 3. The first-order chi connectivity index (χ1) is 16.1. The van der Waals surface area contributed by atoms with E-state index in [1.54, 1.807) is 0 Å². The number of carbonyl (C=O) groups is 1. The third-order valence-electron chi connectivity index (χ3n) is 7.70. The van der Waals surface area contributed by atoms with Crippen LogP contribution in [0.25, 0.3) is 0 Å². The van der Waals surface area contributed by atoms with Gasteiger partial charge < -0.3 is 9.64 Å². The minimum absolute atomic E-state index is 0.137. The van der Waals surface area contributed by atoms with Crippen molar-refractivity contribution in [2.75, 3.05) is 19.1 Å². The zero-order chi connectivity index (χ0) is 24.3. The monoisotopic (exact) mass is 453 g/mol. The lowest BCUT2D eigenvalue weighted by Crippen LogP contribution is -2.34. The maximum Gasteiger partial charge on any atom is 0.337 e. The summed E-state index contributed by atoms with van der Waals surface area (Å²) in [4.78, 5) is 14.3. The quantitative estimate of drug-likeness (QED) is 0.314. The van der Waals surface area contributed by atoms with Gasteiger partial charge >= 0.3 is 5.97 Å². The first kappa shape index (κ1) is 22.4. The molecule has 0 radical (unpaired) electrons. The molecule has 0 N–H and O–H groups in total. The summed E-state index contributed by atoms with van der Waals surface area (Å²) < 4.78 is 7.11. The largest absolute Gasteiger partial charge is 0.465 e. The fourth-order valence-electron chi connectivity index (χ4n) is 5.39. The maximum absolute atomic E-state index is 12.0. The van der Waals surface area contributed by atoms with E-state index in [1.807, 2.05) is 24.3 Å². The number of hydrogen-bond acceptors (Lipinski definition) is 3. The first-order valence-corrected chi connectivity index (χ1v) is 12.0. The van der Waals surface area contributed by atoms with Crippen LogP contribution in [0.2, 0.25) is 0 Å². The summed E-state index contributed by atoms with van der Waals surface area (Å²) >= 11 is 0. The molecule has 0 fully saturated rings. The van der Waals surface area contributed by atoms with Crippen molar-refractivity contribution in [3.8, 4) is 0 Å². The molecule has 1 aliphatic heterocycles. The Kier molecular flexibility index (Phi) is 5.16. The lowest BCUT2D eigenvalue weighted by atomic mass is 9.63. The van der Waals surface area contributed by atoms with Crippen molar-refractivity contribution < 1.29 is 9.53 Å². The summed E-state index contributed by atoms with van der Waals surface area (Å²) in [5, 5.41) is 0. The fraction of sp³-hybridized carbons (Fsp3) is 0.333. The second-order valence-electron chi connectivity index (χ2n) is 10.8. The average molecular weight is 454 g/mol. The number of nitrogens with zero attached hydrogens (tertiary/aromatic N) is 2. The average Bonchev–Trinajstić information content (AvgIpc) is 2.96. The summed E-state index contributed by atoms with van der Waals surface area (Å²) in [6, 6.07) is 20.9. The molecule has 5 rings (SSSR count). The van der Waals surface area contributed by atoms with Gasteiger partial charge in [0.2, 0.25) is 11.4 Å². The Bertz CT molecular complexity index is 1320. The Hall–Kier alpha value is -3.40. The minimum Gasteiger partial charge on any atom is -0.465 e. The molecule has 0 unspecified atom stereocenters. The minimum atomic E-state index is -0.326. The van der Waals surface area contributed by atoms with Gasteiger partial charge in [0.05, 0.1) is 23.9 Å². The number of anilines is 2. The maximum atomic E-state index is 12.0. The molecule has 0 saturated carbocycles. The van der Waals surface area contributed by atoms with Gasteiger partial charge in [-0.15, -0.1) is 0 Å². The molecular weight excluding hydrogens is 420 g/mol. The smallest absolute Gasteiger partial charge is 0.337 e. The highest BCUT2D eigenvalue weighted by molar-refractivity contribution is 5.99. The van der Waals surface area contributed by atoms with E-state index in [9.17, 15) is 4.79 Å². The number of hydrogen-bond donors (Lipinski definition) is 0. The predicted molar refractivity (Wildman–Crippen MR) is 141 cm³/mol. The Morgan fingerprint density at radius 3 is 2.15 bits per heavy atom. The number of para-hydroxylation sites is 2. The van der Waals surface area contributed by atoms with E-state index >= 15 is 0 Å². The van der Waals surface area contributed by atoms with E-state index in [0.717, 1.165) is 17.1 Å². The van der Waals surface area contributed by atoms with Crippen LogP contribution in [0.3, 0.4) is 0 Å². The van der Waals surface area contributed by atoms with Crippen LogP contribution in [-0.2, 0) is 15.6 Å². The van der Waals surface area contributed by atoms with Gasteiger partial charge in [-0.3, -0.25) is 0 Å². The summed E-state index contributed by atoms with van der Waals surface area (Å²) in [5.41, 5.74) is 9.38. The standard InChI is InChI=1S/C30H33N2O2/c1-29(2)15-16-30(3,4)24-18-27-21(17-23(24)29)19-32(26-10-8-7-9-25(26)31(27)5)22-13-11-20(12-14-22)28(33)34-6/h7-14,17-19H,15-16H2,1-6H3/q+1. The van der Waals surface area contributed by atoms with Crippen molar-refractivity contribution in [3.63, 3.8) is 0 Å². The summed E-state index contributed by atoms with van der Waals surface area (Å²) in [5.74, 6) is -0.326. The highest BCUT2D eigenvalue weighted by atomic mass is 16.5. The van der Waals surface area contributed by atoms with Crippen LogP contribution in [0, 0.1) is 0 Å². The normalized spacial score (nSPS) is 17.6. The molecule has 4 nitrogen and oxygen atoms in total. The van der Waals surface area contributed by atoms with Crippen molar-refractivity contribution in [2.24, 2.45) is 0 Å². The molecule has 174 valence electrons. The lowest BCUT2D eigenvalue weighted by molar-refractivity contribution is 0.0600. The Balaban J connectivity index is 1.75. The van der Waals surface area contributed by atoms with Gasteiger partial charge in [-0.2, -0.15) is 4.58 Å². The Labute approximate surface area is 202 Å². The Morgan fingerprint density at radius 1 is 0.882 bits per heavy atom. The molecule has 0 spiro atoms. The number of benzene rings is 3. The molecule has 2 aliphatic rings. The van der Waals surface area contributed by atoms with Crippen molar-refractivity contribution in [3.05, 3.63) is 82.9 Å². The van der Waals surface area contributed by atoms with E-state index < -0.39 is 0 Å². The second-order valence-corrected chi connectivity index (χ2v) is 10.8. The summed E-state index contributed by atoms with van der Waals surface area (Å²) in [7, 11) is 3.56. The number of carbonyl (C=O) groups excluding carboxylic acids is 1. The number of ether oxygens (including phenoxy) is 1. The van der Waals surface area contributed by atoms with Gasteiger partial charge in [0.25, 0.3) is 0 Å².